The van der Waals surface area contributed by atoms with Crippen molar-refractivity contribution in [2.45, 2.75) is 52.2 Å². The summed E-state index contributed by atoms with van der Waals surface area (Å²) < 4.78 is 5.29. The molecule has 5 nitrogen and oxygen atoms in total. The molecule has 18 heavy (non-hydrogen) atoms. The van der Waals surface area contributed by atoms with Gasteiger partial charge in [0.25, 0.3) is 0 Å². The molecule has 1 aromatic heterocycles. The predicted octanol–water partition coefficient (Wildman–Crippen LogP) is 1.79. The van der Waals surface area contributed by atoms with Gasteiger partial charge >= 0.3 is 0 Å². The summed E-state index contributed by atoms with van der Waals surface area (Å²) in [5.41, 5.74) is 0. The minimum Gasteiger partial charge on any atom is -0.393 e. The Morgan fingerprint density at radius 3 is 2.56 bits per heavy atom. The largest absolute Gasteiger partial charge is 0.393 e. The molecule has 0 aromatic carbocycles. The van der Waals surface area contributed by atoms with Gasteiger partial charge in [-0.1, -0.05) is 12.1 Å². The maximum atomic E-state index is 9.59. The predicted molar refractivity (Wildman–Crippen MR) is 68.1 cm³/mol. The quantitative estimate of drug-likeness (QED) is 0.886. The van der Waals surface area contributed by atoms with Gasteiger partial charge in [-0.3, -0.25) is 4.90 Å². The number of aliphatic hydroxyl groups is 1. The first-order chi connectivity index (χ1) is 8.61. The Hall–Kier alpha value is -0.940. The zero-order valence-corrected chi connectivity index (χ0v) is 11.5. The SMILES string of the molecule is CCc1noc(C(C)N2CCC(C(C)O)CC2)n1. The van der Waals surface area contributed by atoms with E-state index in [1.807, 2.05) is 13.8 Å². The molecule has 2 heterocycles. The van der Waals surface area contributed by atoms with E-state index in [-0.39, 0.29) is 12.1 Å². The van der Waals surface area contributed by atoms with Crippen molar-refractivity contribution in [2.75, 3.05) is 13.1 Å². The molecular formula is C13H23N3O2. The lowest BCUT2D eigenvalue weighted by atomic mass is 9.91. The van der Waals surface area contributed by atoms with E-state index in [2.05, 4.69) is 22.0 Å². The van der Waals surface area contributed by atoms with E-state index in [1.165, 1.54) is 0 Å². The molecule has 0 spiro atoms. The summed E-state index contributed by atoms with van der Waals surface area (Å²) in [6.45, 7) is 7.99. The van der Waals surface area contributed by atoms with Crippen LogP contribution in [0, 0.1) is 5.92 Å². The average molecular weight is 253 g/mol. The molecule has 2 unspecified atom stereocenters. The normalized spacial score (nSPS) is 22.0. The number of aliphatic hydroxyl groups excluding tert-OH is 1. The highest BCUT2D eigenvalue weighted by atomic mass is 16.5. The monoisotopic (exact) mass is 253 g/mol. The standard InChI is InChI=1S/C13H23N3O2/c1-4-12-14-13(18-15-12)9(2)16-7-5-11(6-8-16)10(3)17/h9-11,17H,4-8H2,1-3H3. The third-order valence-corrected chi connectivity index (χ3v) is 3.96. The molecule has 1 N–H and O–H groups in total. The molecule has 1 aromatic rings. The highest BCUT2D eigenvalue weighted by molar-refractivity contribution is 4.93. The Morgan fingerprint density at radius 1 is 1.39 bits per heavy atom. The van der Waals surface area contributed by atoms with Gasteiger partial charge in [-0.2, -0.15) is 4.98 Å². The molecule has 0 saturated carbocycles. The van der Waals surface area contributed by atoms with Crippen LogP contribution in [0.4, 0.5) is 0 Å². The smallest absolute Gasteiger partial charge is 0.243 e. The van der Waals surface area contributed by atoms with E-state index in [0.29, 0.717) is 11.8 Å². The molecule has 0 radical (unpaired) electrons. The molecule has 0 aliphatic carbocycles. The summed E-state index contributed by atoms with van der Waals surface area (Å²) in [5, 5.41) is 13.5. The summed E-state index contributed by atoms with van der Waals surface area (Å²) in [4.78, 5) is 6.74. The maximum Gasteiger partial charge on any atom is 0.243 e. The van der Waals surface area contributed by atoms with Crippen molar-refractivity contribution in [2.24, 2.45) is 5.92 Å². The molecule has 0 bridgehead atoms. The van der Waals surface area contributed by atoms with E-state index >= 15 is 0 Å². The van der Waals surface area contributed by atoms with E-state index in [1.54, 1.807) is 0 Å². The van der Waals surface area contributed by atoms with Gasteiger partial charge < -0.3 is 9.63 Å². The van der Waals surface area contributed by atoms with E-state index in [0.717, 1.165) is 38.2 Å². The first kappa shape index (κ1) is 13.5. The highest BCUT2D eigenvalue weighted by Crippen LogP contribution is 2.27. The Balaban J connectivity index is 1.92. The Bertz CT molecular complexity index is 370. The molecule has 1 aliphatic rings. The summed E-state index contributed by atoms with van der Waals surface area (Å²) in [6, 6.07) is 0.174. The van der Waals surface area contributed by atoms with E-state index < -0.39 is 0 Å². The van der Waals surface area contributed by atoms with Crippen LogP contribution in [0.1, 0.15) is 51.4 Å². The number of rotatable bonds is 4. The first-order valence-electron chi connectivity index (χ1n) is 6.86. The number of nitrogens with zero attached hydrogens (tertiary/aromatic N) is 3. The number of hydrogen-bond donors (Lipinski definition) is 1. The average Bonchev–Trinajstić information content (AvgIpc) is 2.86. The second kappa shape index (κ2) is 5.80. The van der Waals surface area contributed by atoms with Gasteiger partial charge in [0.05, 0.1) is 12.1 Å². The highest BCUT2D eigenvalue weighted by Gasteiger charge is 2.28. The number of likely N-dealkylation sites (tertiary alicyclic amines) is 1. The van der Waals surface area contributed by atoms with Crippen LogP contribution in [-0.2, 0) is 6.42 Å². The molecule has 5 heteroatoms. The number of aromatic nitrogens is 2. The van der Waals surface area contributed by atoms with Crippen LogP contribution >= 0.6 is 0 Å². The Morgan fingerprint density at radius 2 is 2.06 bits per heavy atom. The van der Waals surface area contributed by atoms with Crippen molar-refractivity contribution >= 4 is 0 Å². The number of aryl methyl sites for hydroxylation is 1. The summed E-state index contributed by atoms with van der Waals surface area (Å²) in [6.07, 6.45) is 2.69. The molecule has 1 fully saturated rings. The minimum atomic E-state index is -0.197. The van der Waals surface area contributed by atoms with Gasteiger partial charge in [-0.05, 0) is 45.7 Å². The lowest BCUT2D eigenvalue weighted by Gasteiger charge is -2.35. The van der Waals surface area contributed by atoms with Crippen molar-refractivity contribution in [3.8, 4) is 0 Å². The zero-order chi connectivity index (χ0) is 13.1. The molecule has 1 aliphatic heterocycles. The number of piperidine rings is 1. The molecule has 2 atom stereocenters. The van der Waals surface area contributed by atoms with Crippen LogP contribution in [-0.4, -0.2) is 39.3 Å². The van der Waals surface area contributed by atoms with Crippen molar-refractivity contribution < 1.29 is 9.63 Å². The lowest BCUT2D eigenvalue weighted by Crippen LogP contribution is -2.38. The third-order valence-electron chi connectivity index (χ3n) is 3.96. The van der Waals surface area contributed by atoms with Crippen LogP contribution in [0.25, 0.3) is 0 Å². The van der Waals surface area contributed by atoms with Crippen molar-refractivity contribution in [3.63, 3.8) is 0 Å². The van der Waals surface area contributed by atoms with Crippen LogP contribution < -0.4 is 0 Å². The second-order valence-corrected chi connectivity index (χ2v) is 5.19. The topological polar surface area (TPSA) is 62.4 Å². The Labute approximate surface area is 108 Å². The van der Waals surface area contributed by atoms with Gasteiger partial charge in [0, 0.05) is 6.42 Å². The molecule has 2 rings (SSSR count). The molecular weight excluding hydrogens is 230 g/mol. The van der Waals surface area contributed by atoms with Crippen molar-refractivity contribution in [3.05, 3.63) is 11.7 Å². The lowest BCUT2D eigenvalue weighted by molar-refractivity contribution is 0.0524. The molecule has 0 amide bonds. The van der Waals surface area contributed by atoms with Gasteiger partial charge in [0.1, 0.15) is 0 Å². The van der Waals surface area contributed by atoms with E-state index in [4.69, 9.17) is 4.52 Å². The van der Waals surface area contributed by atoms with E-state index in [9.17, 15) is 5.11 Å². The van der Waals surface area contributed by atoms with Crippen LogP contribution in [0.15, 0.2) is 4.52 Å². The molecule has 1 saturated heterocycles. The van der Waals surface area contributed by atoms with Crippen LogP contribution in [0.5, 0.6) is 0 Å². The van der Waals surface area contributed by atoms with Crippen LogP contribution in [0.2, 0.25) is 0 Å². The van der Waals surface area contributed by atoms with Gasteiger partial charge in [0.15, 0.2) is 5.82 Å². The van der Waals surface area contributed by atoms with Gasteiger partial charge in [-0.15, -0.1) is 0 Å². The maximum absolute atomic E-state index is 9.59. The third kappa shape index (κ3) is 2.90. The van der Waals surface area contributed by atoms with Crippen molar-refractivity contribution in [1.29, 1.82) is 0 Å². The summed E-state index contributed by atoms with van der Waals surface area (Å²) in [5.74, 6) is 1.92. The fourth-order valence-electron chi connectivity index (χ4n) is 2.53. The second-order valence-electron chi connectivity index (χ2n) is 5.19. The summed E-state index contributed by atoms with van der Waals surface area (Å²) in [7, 11) is 0. The zero-order valence-electron chi connectivity index (χ0n) is 11.5. The number of hydrogen-bond acceptors (Lipinski definition) is 5. The molecule has 102 valence electrons. The fourth-order valence-corrected chi connectivity index (χ4v) is 2.53. The van der Waals surface area contributed by atoms with Crippen molar-refractivity contribution in [1.82, 2.24) is 15.0 Å². The Kier molecular flexibility index (Phi) is 4.35. The first-order valence-corrected chi connectivity index (χ1v) is 6.86. The minimum absolute atomic E-state index is 0.174. The summed E-state index contributed by atoms with van der Waals surface area (Å²) >= 11 is 0. The van der Waals surface area contributed by atoms with Gasteiger partial charge in [0.2, 0.25) is 5.89 Å². The van der Waals surface area contributed by atoms with Gasteiger partial charge in [-0.25, -0.2) is 0 Å². The fraction of sp³-hybridized carbons (Fsp3) is 0.846. The van der Waals surface area contributed by atoms with Crippen LogP contribution in [0.3, 0.4) is 0 Å².